The number of amides is 6. The van der Waals surface area contributed by atoms with E-state index in [1.807, 2.05) is 40.2 Å². The molecule has 10 aromatic heterocycles. The number of carbonyl (C=O) groups is 6. The van der Waals surface area contributed by atoms with E-state index in [4.69, 9.17) is 50.7 Å². The van der Waals surface area contributed by atoms with Gasteiger partial charge in [-0.1, -0.05) is 97.7 Å². The number of aromatic nitrogens is 15. The molecule has 0 atom stereocenters. The number of nitrogens with two attached hydrogens (primary N) is 6. The molecule has 0 aliphatic carbocycles. The monoisotopic (exact) mass is 1910 g/mol. The summed E-state index contributed by atoms with van der Waals surface area (Å²) in [5, 5.41) is 26.2. The zero-order valence-electron chi connectivity index (χ0n) is 78.9. The SMILES string of the molecule is CCCCNc1nc(N)nc2c1CCN(C(=O)COC)C2.CCCCNc1nc(N)nc2c1CCN(C(=O)c1ccccn1)C2.CCCCNc1nc(N)nc2c1CCN(C(=O)c1ccsc1)C2.CCCCNc1nc(N)nc2c1CCN(C(=O)c1nccn1C)C2.CCCCNc1nc(N)nc2c1CCN(C(=O)c1sccc1Cl)C2.CCCCNc1nc(N)nc2c1CCN(C(C)=O)C2. The van der Waals surface area contributed by atoms with Gasteiger partial charge in [-0.3, -0.25) is 33.8 Å². The van der Waals surface area contributed by atoms with Gasteiger partial charge in [0.2, 0.25) is 47.5 Å². The lowest BCUT2D eigenvalue weighted by Gasteiger charge is -2.29. The van der Waals surface area contributed by atoms with Gasteiger partial charge in [0.05, 0.1) is 84.0 Å². The second-order valence-corrected chi connectivity index (χ2v) is 35.2. The number of nitrogen functional groups attached to an aromatic ring is 6. The highest BCUT2D eigenvalue weighted by Crippen LogP contribution is 2.34. The maximum absolute atomic E-state index is 12.6. The standard InChI is InChI=1S/C17H22N6O.C16H20ClN5OS.C16H23N7O.C16H21N5OS.C14H23N5O2.C13H21N5O/c1-2-3-8-20-15-12-7-10-23(11-14(12)21-17(18)22-15)16(24)13-6-4-5-9-19-13;1-2-3-6-19-14-10-4-7-22(9-12(10)20-16(18)21-14)15(23)13-11(17)5-8-24-13;1-3-4-6-18-13-11-5-8-23(10-12(11)20-16(17)21-13)15(24)14-19-7-9-22(14)2;1-2-3-6-18-14-12-4-7-21(9-13(12)19-16(17)20-14)15(22)11-5-8-23-10-11;1-3-4-6-16-13-10-5-7-19(12(20)9-21-2)8-11(10)17-14(15)18-13;1-3-4-6-15-12-10-5-7-18(9(2)19)8-11(10)16-13(14)17-12/h4-6,9H,2-3,7-8,10-11H2,1H3,(H3,18,20,21,22);5,8H,2-4,6-7,9H2,1H3,(H3,18,19,20,21);7,9H,3-6,8,10H2,1-2H3,(H3,17,18,20,21);5,8,10H,2-4,6-7,9H2,1H3,(H3,17,18,19,20);3-9H2,1-2H3,(H3,15,16,17,18);3-8H2,1-2H3,(H3,14,15,16,17). The lowest BCUT2D eigenvalue weighted by Crippen LogP contribution is -2.39. The van der Waals surface area contributed by atoms with Crippen LogP contribution in [0.5, 0.6) is 0 Å². The third kappa shape index (κ3) is 28.5. The summed E-state index contributed by atoms with van der Waals surface area (Å²) in [5.74, 6) is 6.63. The van der Waals surface area contributed by atoms with Gasteiger partial charge in [-0.25, -0.2) is 34.9 Å². The van der Waals surface area contributed by atoms with Gasteiger partial charge in [-0.15, -0.1) is 11.3 Å². The van der Waals surface area contributed by atoms with Gasteiger partial charge >= 0.3 is 0 Å². The normalized spacial score (nSPS) is 13.7. The minimum absolute atomic E-state index is 0.0270. The van der Waals surface area contributed by atoms with Crippen LogP contribution in [0.1, 0.15) is 234 Å². The van der Waals surface area contributed by atoms with Gasteiger partial charge in [-0.05, 0) is 112 Å². The number of pyridine rings is 1. The van der Waals surface area contributed by atoms with Crippen molar-refractivity contribution in [2.24, 2.45) is 7.05 Å². The number of nitrogens with zero attached hydrogens (tertiary/aromatic N) is 21. The maximum Gasteiger partial charge on any atom is 0.290 e. The van der Waals surface area contributed by atoms with Crippen LogP contribution in [0.4, 0.5) is 70.6 Å². The third-order valence-corrected chi connectivity index (χ3v) is 25.1. The lowest BCUT2D eigenvalue weighted by atomic mass is 10.0. The summed E-state index contributed by atoms with van der Waals surface area (Å²) in [6, 6.07) is 8.93. The number of carbonyl (C=O) groups excluding carboxylic acids is 6. The minimum atomic E-state index is -0.0918. The molecule has 6 aliphatic rings. The number of nitrogens with one attached hydrogen (secondary N) is 6. The molecule has 0 saturated carbocycles. The van der Waals surface area contributed by atoms with Gasteiger partial charge in [0.25, 0.3) is 23.6 Å². The topological polar surface area (TPSA) is 545 Å². The second kappa shape index (κ2) is 51.4. The average molecular weight is 1910 g/mol. The second-order valence-electron chi connectivity index (χ2n) is 33.1. The number of hydrogen-bond donors (Lipinski definition) is 12. The van der Waals surface area contributed by atoms with Crippen LogP contribution in [0.25, 0.3) is 0 Å². The zero-order chi connectivity index (χ0) is 96.5. The van der Waals surface area contributed by atoms with Crippen molar-refractivity contribution >= 4 is 140 Å². The molecule has 10 aromatic rings. The fourth-order valence-electron chi connectivity index (χ4n) is 15.8. The van der Waals surface area contributed by atoms with E-state index in [9.17, 15) is 28.8 Å². The number of imidazole rings is 1. The van der Waals surface area contributed by atoms with E-state index in [0.29, 0.717) is 113 Å². The number of halogens is 1. The van der Waals surface area contributed by atoms with Crippen LogP contribution in [0.2, 0.25) is 5.02 Å². The Bertz CT molecular complexity index is 5490. The van der Waals surface area contributed by atoms with E-state index in [0.717, 1.165) is 250 Å². The molecule has 16 rings (SSSR count). The molecule has 0 bridgehead atoms. The van der Waals surface area contributed by atoms with Crippen molar-refractivity contribution in [3.05, 3.63) is 160 Å². The van der Waals surface area contributed by atoms with Crippen molar-refractivity contribution in [2.75, 3.05) is 159 Å². The van der Waals surface area contributed by atoms with Crippen LogP contribution in [0.15, 0.2) is 65.1 Å². The number of unbranched alkanes of at least 4 members (excludes halogenated alkanes) is 6. The highest BCUT2D eigenvalue weighted by molar-refractivity contribution is 7.12. The highest BCUT2D eigenvalue weighted by atomic mass is 35.5. The molecule has 0 fully saturated rings. The van der Waals surface area contributed by atoms with E-state index in [-0.39, 0.29) is 77.7 Å². The highest BCUT2D eigenvalue weighted by Gasteiger charge is 2.34. The first-order valence-corrected chi connectivity index (χ1v) is 48.7. The van der Waals surface area contributed by atoms with Crippen LogP contribution in [0.3, 0.4) is 0 Å². The lowest BCUT2D eigenvalue weighted by molar-refractivity contribution is -0.136. The molecule has 40 nitrogen and oxygen atoms in total. The van der Waals surface area contributed by atoms with Crippen molar-refractivity contribution in [2.45, 2.75) is 203 Å². The summed E-state index contributed by atoms with van der Waals surface area (Å²) in [7, 11) is 3.33. The van der Waals surface area contributed by atoms with Gasteiger partial charge < -0.3 is 105 Å². The number of ether oxygens (including phenoxy) is 1. The van der Waals surface area contributed by atoms with E-state index in [2.05, 4.69) is 143 Å². The van der Waals surface area contributed by atoms with E-state index in [1.54, 1.807) is 72.8 Å². The Morgan fingerprint density at radius 2 is 0.733 bits per heavy atom. The van der Waals surface area contributed by atoms with Crippen molar-refractivity contribution in [3.8, 4) is 0 Å². The summed E-state index contributed by atoms with van der Waals surface area (Å²) in [6.45, 7) is 26.4. The number of thiophene rings is 2. The molecule has 43 heteroatoms. The number of fused-ring (bicyclic) bond motifs is 6. The first-order chi connectivity index (χ1) is 65.3. The summed E-state index contributed by atoms with van der Waals surface area (Å²) >= 11 is 8.97. The molecule has 6 aliphatic heterocycles. The smallest absolute Gasteiger partial charge is 0.290 e. The zero-order valence-corrected chi connectivity index (χ0v) is 81.3. The fourth-order valence-corrected chi connectivity index (χ4v) is 17.5. The van der Waals surface area contributed by atoms with Gasteiger partial charge in [0.1, 0.15) is 52.1 Å². The summed E-state index contributed by atoms with van der Waals surface area (Å²) < 4.78 is 6.62. The average Bonchev–Trinajstić information content (AvgIpc) is 1.69. The molecule has 0 aromatic carbocycles. The van der Waals surface area contributed by atoms with Gasteiger partial charge in [0.15, 0.2) is 5.82 Å². The van der Waals surface area contributed by atoms with Crippen LogP contribution in [0, 0.1) is 0 Å². The number of anilines is 12. The van der Waals surface area contributed by atoms with Crippen LogP contribution >= 0.6 is 34.3 Å². The van der Waals surface area contributed by atoms with E-state index >= 15 is 0 Å². The van der Waals surface area contributed by atoms with Crippen LogP contribution in [-0.4, -0.2) is 231 Å². The van der Waals surface area contributed by atoms with Crippen LogP contribution < -0.4 is 66.3 Å². The quantitative estimate of drug-likeness (QED) is 0.0186. The Balaban J connectivity index is 0.000000156. The summed E-state index contributed by atoms with van der Waals surface area (Å²) in [5.41, 5.74) is 47.5. The molecule has 135 heavy (non-hydrogen) atoms. The van der Waals surface area contributed by atoms with Crippen molar-refractivity contribution in [1.82, 2.24) is 104 Å². The molecule has 6 amide bonds. The summed E-state index contributed by atoms with van der Waals surface area (Å²) in [6.07, 6.45) is 22.6. The van der Waals surface area contributed by atoms with Crippen molar-refractivity contribution in [3.63, 3.8) is 0 Å². The van der Waals surface area contributed by atoms with Gasteiger partial charge in [0, 0.05) is 157 Å². The number of aryl methyl sites for hydroxylation is 1. The molecule has 18 N–H and O–H groups in total. The molecule has 0 unspecified atom stereocenters. The third-order valence-electron chi connectivity index (χ3n) is 23.1. The first kappa shape index (κ1) is 102. The Morgan fingerprint density at radius 3 is 1.04 bits per heavy atom. The molecule has 0 spiro atoms. The Hall–Kier alpha value is -13.1. The largest absolute Gasteiger partial charge is 0.375 e. The molecule has 0 radical (unpaired) electrons. The summed E-state index contributed by atoms with van der Waals surface area (Å²) in [4.78, 5) is 145. The van der Waals surface area contributed by atoms with Crippen LogP contribution in [-0.2, 0) is 99.2 Å². The number of rotatable bonds is 30. The predicted molar refractivity (Wildman–Crippen MR) is 530 cm³/mol. The Morgan fingerprint density at radius 1 is 0.400 bits per heavy atom. The van der Waals surface area contributed by atoms with Gasteiger partial charge in [-0.2, -0.15) is 41.2 Å². The Kier molecular flexibility index (Phi) is 39.0. The minimum Gasteiger partial charge on any atom is -0.375 e. The molecule has 724 valence electrons. The molecular weight excluding hydrogens is 1780 g/mol. The van der Waals surface area contributed by atoms with E-state index in [1.165, 1.54) is 29.8 Å². The predicted octanol–water partition coefficient (Wildman–Crippen LogP) is 10.8. The fraction of sp³-hybridized carbons (Fsp3) is 0.500. The molecule has 0 saturated heterocycles. The van der Waals surface area contributed by atoms with E-state index < -0.39 is 0 Å². The maximum atomic E-state index is 12.6. The Labute approximate surface area is 801 Å². The first-order valence-electron chi connectivity index (χ1n) is 46.5. The number of methoxy groups -OCH3 is 1. The molecule has 16 heterocycles. The molecular formula is C92H130ClN33O7S2. The number of hydrogen-bond acceptors (Lipinski definition) is 35. The van der Waals surface area contributed by atoms with Crippen molar-refractivity contribution in [1.29, 1.82) is 0 Å². The van der Waals surface area contributed by atoms with Crippen molar-refractivity contribution < 1.29 is 33.5 Å².